The standard InChI is InChI=1S/C31H23NO2/c1-34-31(33)25-15-6-5-11-21(25)19-22-20-28-26-16-9-10-18-29(26)32(23-12-3-2-4-13-23)30(28)27-17-8-7-14-24(22)27/h2-18,20H,19H2,1H3. The molecule has 0 saturated carbocycles. The van der Waals surface area contributed by atoms with Crippen LogP contribution >= 0.6 is 0 Å². The van der Waals surface area contributed by atoms with Crippen LogP contribution in [0.25, 0.3) is 38.3 Å². The lowest BCUT2D eigenvalue weighted by Crippen LogP contribution is -2.06. The van der Waals surface area contributed by atoms with Gasteiger partial charge in [-0.05, 0) is 53.3 Å². The maximum atomic E-state index is 12.4. The van der Waals surface area contributed by atoms with E-state index in [0.717, 1.165) is 11.3 Å². The van der Waals surface area contributed by atoms with E-state index in [2.05, 4.69) is 83.4 Å². The van der Waals surface area contributed by atoms with Gasteiger partial charge in [0.2, 0.25) is 0 Å². The predicted octanol–water partition coefficient (Wildman–Crippen LogP) is 7.31. The van der Waals surface area contributed by atoms with Gasteiger partial charge in [-0.25, -0.2) is 4.79 Å². The highest BCUT2D eigenvalue weighted by molar-refractivity contribution is 6.19. The van der Waals surface area contributed by atoms with Gasteiger partial charge in [-0.15, -0.1) is 0 Å². The van der Waals surface area contributed by atoms with E-state index in [-0.39, 0.29) is 5.97 Å². The van der Waals surface area contributed by atoms with Crippen molar-refractivity contribution in [1.29, 1.82) is 0 Å². The number of hydrogen-bond donors (Lipinski definition) is 0. The second-order valence-electron chi connectivity index (χ2n) is 8.49. The first-order chi connectivity index (χ1) is 16.8. The van der Waals surface area contributed by atoms with Crippen LogP contribution in [0, 0.1) is 0 Å². The first-order valence-electron chi connectivity index (χ1n) is 11.4. The molecular weight excluding hydrogens is 418 g/mol. The molecule has 0 spiro atoms. The maximum absolute atomic E-state index is 12.4. The molecule has 5 aromatic carbocycles. The molecule has 0 aliphatic rings. The third-order valence-electron chi connectivity index (χ3n) is 6.58. The summed E-state index contributed by atoms with van der Waals surface area (Å²) in [6.07, 6.45) is 0.645. The first-order valence-corrected chi connectivity index (χ1v) is 11.4. The fraction of sp³-hybridized carbons (Fsp3) is 0.0645. The van der Waals surface area contributed by atoms with E-state index in [0.29, 0.717) is 12.0 Å². The molecule has 6 aromatic rings. The minimum absolute atomic E-state index is 0.304. The van der Waals surface area contributed by atoms with Gasteiger partial charge in [0.15, 0.2) is 0 Å². The van der Waals surface area contributed by atoms with Crippen LogP contribution < -0.4 is 0 Å². The number of rotatable bonds is 4. The van der Waals surface area contributed by atoms with Gasteiger partial charge in [0.1, 0.15) is 0 Å². The lowest BCUT2D eigenvalue weighted by atomic mass is 9.93. The molecule has 0 bridgehead atoms. The highest BCUT2D eigenvalue weighted by Crippen LogP contribution is 2.38. The van der Waals surface area contributed by atoms with E-state index >= 15 is 0 Å². The summed E-state index contributed by atoms with van der Waals surface area (Å²) in [7, 11) is 1.43. The van der Waals surface area contributed by atoms with Gasteiger partial charge < -0.3 is 9.30 Å². The number of fused-ring (bicyclic) bond motifs is 5. The van der Waals surface area contributed by atoms with Crippen LogP contribution in [0.15, 0.2) is 109 Å². The van der Waals surface area contributed by atoms with E-state index in [9.17, 15) is 4.79 Å². The quantitative estimate of drug-likeness (QED) is 0.269. The number of nitrogens with zero attached hydrogens (tertiary/aromatic N) is 1. The van der Waals surface area contributed by atoms with Crippen LogP contribution in [0.1, 0.15) is 21.5 Å². The summed E-state index contributed by atoms with van der Waals surface area (Å²) in [6.45, 7) is 0. The lowest BCUT2D eigenvalue weighted by molar-refractivity contribution is 0.0599. The Morgan fingerprint density at radius 3 is 2.12 bits per heavy atom. The summed E-state index contributed by atoms with van der Waals surface area (Å²) in [5.41, 5.74) is 6.29. The smallest absolute Gasteiger partial charge is 0.338 e. The molecule has 0 N–H and O–H groups in total. The largest absolute Gasteiger partial charge is 0.465 e. The molecule has 1 heterocycles. The Balaban J connectivity index is 1.68. The average Bonchev–Trinajstić information content (AvgIpc) is 3.24. The van der Waals surface area contributed by atoms with Gasteiger partial charge in [-0.2, -0.15) is 0 Å². The number of aromatic nitrogens is 1. The molecule has 34 heavy (non-hydrogen) atoms. The average molecular weight is 442 g/mol. The van der Waals surface area contributed by atoms with E-state index < -0.39 is 0 Å². The number of carbonyl (C=O) groups is 1. The number of ether oxygens (including phenoxy) is 1. The number of hydrogen-bond acceptors (Lipinski definition) is 2. The molecule has 0 radical (unpaired) electrons. The normalized spacial score (nSPS) is 11.3. The summed E-state index contributed by atoms with van der Waals surface area (Å²) in [6, 6.07) is 37.6. The molecule has 164 valence electrons. The highest BCUT2D eigenvalue weighted by atomic mass is 16.5. The molecule has 0 unspecified atom stereocenters. The molecule has 0 atom stereocenters. The van der Waals surface area contributed by atoms with Gasteiger partial charge in [0.25, 0.3) is 0 Å². The molecular formula is C31H23NO2. The Morgan fingerprint density at radius 2 is 1.32 bits per heavy atom. The highest BCUT2D eigenvalue weighted by Gasteiger charge is 2.18. The predicted molar refractivity (Wildman–Crippen MR) is 139 cm³/mol. The fourth-order valence-electron chi connectivity index (χ4n) is 5.08. The minimum atomic E-state index is -0.304. The zero-order valence-corrected chi connectivity index (χ0v) is 18.9. The van der Waals surface area contributed by atoms with Crippen molar-refractivity contribution in [1.82, 2.24) is 4.57 Å². The van der Waals surface area contributed by atoms with Gasteiger partial charge in [0, 0.05) is 21.8 Å². The molecule has 1 aromatic heterocycles. The van der Waals surface area contributed by atoms with Crippen LogP contribution in [0.5, 0.6) is 0 Å². The molecule has 0 aliphatic carbocycles. The van der Waals surface area contributed by atoms with Crippen LogP contribution in [-0.4, -0.2) is 17.6 Å². The van der Waals surface area contributed by atoms with Crippen molar-refractivity contribution in [2.75, 3.05) is 7.11 Å². The van der Waals surface area contributed by atoms with Gasteiger partial charge in [-0.1, -0.05) is 78.9 Å². The number of esters is 1. The molecule has 0 amide bonds. The number of methoxy groups -OCH3 is 1. The van der Waals surface area contributed by atoms with Crippen LogP contribution in [-0.2, 0) is 11.2 Å². The second kappa shape index (κ2) is 8.20. The number of para-hydroxylation sites is 2. The van der Waals surface area contributed by atoms with Crippen molar-refractivity contribution < 1.29 is 9.53 Å². The summed E-state index contributed by atoms with van der Waals surface area (Å²) in [4.78, 5) is 12.4. The molecule has 0 fully saturated rings. The van der Waals surface area contributed by atoms with E-state index in [1.807, 2.05) is 30.3 Å². The van der Waals surface area contributed by atoms with Crippen molar-refractivity contribution in [2.45, 2.75) is 6.42 Å². The Kier molecular flexibility index (Phi) is 4.88. The summed E-state index contributed by atoms with van der Waals surface area (Å²) in [5.74, 6) is -0.304. The van der Waals surface area contributed by atoms with Crippen molar-refractivity contribution in [3.8, 4) is 5.69 Å². The molecule has 3 nitrogen and oxygen atoms in total. The van der Waals surface area contributed by atoms with Gasteiger partial charge in [-0.3, -0.25) is 0 Å². The van der Waals surface area contributed by atoms with E-state index in [4.69, 9.17) is 4.74 Å². The zero-order valence-electron chi connectivity index (χ0n) is 18.9. The van der Waals surface area contributed by atoms with E-state index in [1.165, 1.54) is 45.3 Å². The molecule has 0 aliphatic heterocycles. The fourth-order valence-corrected chi connectivity index (χ4v) is 5.08. The van der Waals surface area contributed by atoms with Crippen molar-refractivity contribution in [3.63, 3.8) is 0 Å². The molecule has 0 saturated heterocycles. The maximum Gasteiger partial charge on any atom is 0.338 e. The summed E-state index contributed by atoms with van der Waals surface area (Å²) >= 11 is 0. The van der Waals surface area contributed by atoms with Gasteiger partial charge >= 0.3 is 5.97 Å². The molecule has 6 rings (SSSR count). The van der Waals surface area contributed by atoms with Crippen molar-refractivity contribution >= 4 is 38.5 Å². The Hall–Kier alpha value is -4.37. The SMILES string of the molecule is COC(=O)c1ccccc1Cc1cc2c3ccccc3n(-c3ccccc3)c2c2ccccc12. The van der Waals surface area contributed by atoms with Crippen LogP contribution in [0.4, 0.5) is 0 Å². The minimum Gasteiger partial charge on any atom is -0.465 e. The molecule has 3 heteroatoms. The monoisotopic (exact) mass is 441 g/mol. The third-order valence-corrected chi connectivity index (χ3v) is 6.58. The van der Waals surface area contributed by atoms with Crippen LogP contribution in [0.3, 0.4) is 0 Å². The van der Waals surface area contributed by atoms with E-state index in [1.54, 1.807) is 0 Å². The number of carbonyl (C=O) groups excluding carboxylic acids is 1. The topological polar surface area (TPSA) is 31.2 Å². The summed E-state index contributed by atoms with van der Waals surface area (Å²) in [5, 5.41) is 4.82. The Labute approximate surface area is 197 Å². The van der Waals surface area contributed by atoms with Crippen molar-refractivity contribution in [3.05, 3.63) is 126 Å². The van der Waals surface area contributed by atoms with Crippen LogP contribution in [0.2, 0.25) is 0 Å². The Morgan fingerprint density at radius 1 is 0.676 bits per heavy atom. The zero-order chi connectivity index (χ0) is 23.1. The number of benzene rings is 5. The van der Waals surface area contributed by atoms with Crippen molar-refractivity contribution in [2.24, 2.45) is 0 Å². The third kappa shape index (κ3) is 3.17. The second-order valence-corrected chi connectivity index (χ2v) is 8.49. The lowest BCUT2D eigenvalue weighted by Gasteiger charge is -2.14. The summed E-state index contributed by atoms with van der Waals surface area (Å²) < 4.78 is 7.40. The Bertz CT molecular complexity index is 1680. The van der Waals surface area contributed by atoms with Gasteiger partial charge in [0.05, 0.1) is 23.7 Å². The first kappa shape index (κ1) is 20.3.